The fraction of sp³-hybridized carbons (Fsp3) is 0.933. The van der Waals surface area contributed by atoms with Gasteiger partial charge in [0.15, 0.2) is 0 Å². The molecule has 0 spiro atoms. The lowest BCUT2D eigenvalue weighted by molar-refractivity contribution is -0.0629. The Bertz CT molecular complexity index is 313. The highest BCUT2D eigenvalue weighted by molar-refractivity contribution is 5.68. The van der Waals surface area contributed by atoms with Gasteiger partial charge in [-0.15, -0.1) is 0 Å². The predicted molar refractivity (Wildman–Crippen MR) is 77.9 cm³/mol. The third-order valence-corrected chi connectivity index (χ3v) is 3.45. The summed E-state index contributed by atoms with van der Waals surface area (Å²) in [6.07, 6.45) is 1.49. The molecular weight excluding hydrogens is 258 g/mol. The second kappa shape index (κ2) is 7.27. The molecule has 0 bridgehead atoms. The zero-order valence-corrected chi connectivity index (χ0v) is 13.5. The van der Waals surface area contributed by atoms with Gasteiger partial charge < -0.3 is 19.1 Å². The average Bonchev–Trinajstić information content (AvgIpc) is 2.78. The summed E-state index contributed by atoms with van der Waals surface area (Å²) in [4.78, 5) is 13.8. The summed E-state index contributed by atoms with van der Waals surface area (Å²) in [5.74, 6) is 0. The van der Waals surface area contributed by atoms with Crippen LogP contribution in [0.3, 0.4) is 0 Å². The second-order valence-corrected chi connectivity index (χ2v) is 6.23. The topological polar surface area (TPSA) is 48.0 Å². The number of amides is 1. The Balaban J connectivity index is 2.47. The maximum absolute atomic E-state index is 12.1. The van der Waals surface area contributed by atoms with Gasteiger partial charge in [0.1, 0.15) is 5.60 Å². The number of nitrogens with zero attached hydrogens (tertiary/aromatic N) is 1. The maximum atomic E-state index is 12.1. The lowest BCUT2D eigenvalue weighted by Gasteiger charge is -2.29. The number of rotatable bonds is 6. The molecule has 0 aromatic heterocycles. The van der Waals surface area contributed by atoms with E-state index in [0.717, 1.165) is 12.8 Å². The zero-order valence-electron chi connectivity index (χ0n) is 13.5. The van der Waals surface area contributed by atoms with Crippen molar-refractivity contribution in [1.82, 2.24) is 4.90 Å². The highest BCUT2D eigenvalue weighted by Crippen LogP contribution is 2.29. The molecule has 1 rings (SSSR count). The van der Waals surface area contributed by atoms with Crippen LogP contribution in [0, 0.1) is 0 Å². The fourth-order valence-corrected chi connectivity index (χ4v) is 2.30. The number of hydrogen-bond donors (Lipinski definition) is 0. The van der Waals surface area contributed by atoms with Crippen molar-refractivity contribution in [3.05, 3.63) is 0 Å². The molecule has 1 fully saturated rings. The van der Waals surface area contributed by atoms with Crippen molar-refractivity contribution >= 4 is 6.09 Å². The van der Waals surface area contributed by atoms with Gasteiger partial charge in [0.2, 0.25) is 0 Å². The zero-order chi connectivity index (χ0) is 15.2. The first-order chi connectivity index (χ1) is 9.32. The third-order valence-electron chi connectivity index (χ3n) is 3.45. The van der Waals surface area contributed by atoms with Crippen LogP contribution in [0.25, 0.3) is 0 Å². The third kappa shape index (κ3) is 5.29. The molecule has 118 valence electrons. The summed E-state index contributed by atoms with van der Waals surface area (Å²) in [6, 6.07) is 0. The molecule has 20 heavy (non-hydrogen) atoms. The summed E-state index contributed by atoms with van der Waals surface area (Å²) in [7, 11) is 0. The van der Waals surface area contributed by atoms with Crippen molar-refractivity contribution in [3.63, 3.8) is 0 Å². The van der Waals surface area contributed by atoms with Crippen LogP contribution in [0.1, 0.15) is 47.5 Å². The largest absolute Gasteiger partial charge is 0.444 e. The molecule has 1 heterocycles. The first-order valence-corrected chi connectivity index (χ1v) is 7.51. The highest BCUT2D eigenvalue weighted by Gasteiger charge is 2.40. The maximum Gasteiger partial charge on any atom is 0.410 e. The number of ether oxygens (including phenoxy) is 3. The minimum atomic E-state index is -0.454. The number of hydrogen-bond acceptors (Lipinski definition) is 4. The van der Waals surface area contributed by atoms with Crippen molar-refractivity contribution in [2.45, 2.75) is 58.7 Å². The van der Waals surface area contributed by atoms with Crippen molar-refractivity contribution in [1.29, 1.82) is 0 Å². The quantitative estimate of drug-likeness (QED) is 0.705. The molecule has 0 radical (unpaired) electrons. The first-order valence-electron chi connectivity index (χ1n) is 7.51. The molecule has 0 saturated carbocycles. The molecule has 1 amide bonds. The Morgan fingerprint density at radius 3 is 2.50 bits per heavy atom. The molecule has 0 aromatic carbocycles. The van der Waals surface area contributed by atoms with Crippen LogP contribution in [0.5, 0.6) is 0 Å². The molecule has 1 saturated heterocycles. The molecular formula is C15H29NO4. The molecule has 1 atom stereocenters. The van der Waals surface area contributed by atoms with Gasteiger partial charge in [-0.05, 0) is 40.5 Å². The Labute approximate surface area is 122 Å². The lowest BCUT2D eigenvalue weighted by Crippen LogP contribution is -2.40. The minimum Gasteiger partial charge on any atom is -0.444 e. The van der Waals surface area contributed by atoms with Crippen LogP contribution < -0.4 is 0 Å². The van der Waals surface area contributed by atoms with Crippen LogP contribution in [0.15, 0.2) is 0 Å². The SMILES string of the molecule is CCOCCOC1(CC)CCN(C(=O)OC(C)(C)C)C1. The standard InChI is InChI=1S/C15H29NO4/c1-6-15(19-11-10-18-7-2)8-9-16(12-15)13(17)20-14(3,4)5/h6-12H2,1-5H3. The highest BCUT2D eigenvalue weighted by atomic mass is 16.6. The van der Waals surface area contributed by atoms with E-state index in [1.165, 1.54) is 0 Å². The average molecular weight is 287 g/mol. The molecule has 1 unspecified atom stereocenters. The van der Waals surface area contributed by atoms with Crippen LogP contribution >= 0.6 is 0 Å². The molecule has 0 aliphatic carbocycles. The summed E-state index contributed by atoms with van der Waals surface area (Å²) in [5.41, 5.74) is -0.696. The van der Waals surface area contributed by atoms with Crippen LogP contribution in [0.4, 0.5) is 4.79 Å². The van der Waals surface area contributed by atoms with E-state index in [2.05, 4.69) is 6.92 Å². The summed E-state index contributed by atoms with van der Waals surface area (Å²) in [6.45, 7) is 12.9. The molecule has 1 aliphatic rings. The Morgan fingerprint density at radius 2 is 1.95 bits per heavy atom. The van der Waals surface area contributed by atoms with Crippen molar-refractivity contribution in [2.75, 3.05) is 32.9 Å². The van der Waals surface area contributed by atoms with Gasteiger partial charge in [0.05, 0.1) is 25.4 Å². The summed E-state index contributed by atoms with van der Waals surface area (Å²) < 4.78 is 16.7. The fourth-order valence-electron chi connectivity index (χ4n) is 2.30. The van der Waals surface area contributed by atoms with Gasteiger partial charge in [-0.2, -0.15) is 0 Å². The lowest BCUT2D eigenvalue weighted by atomic mass is 10.00. The molecule has 1 aliphatic heterocycles. The summed E-state index contributed by atoms with van der Waals surface area (Å²) >= 11 is 0. The molecule has 5 nitrogen and oxygen atoms in total. The van der Waals surface area contributed by atoms with E-state index in [4.69, 9.17) is 14.2 Å². The van der Waals surface area contributed by atoms with E-state index in [1.54, 1.807) is 4.90 Å². The van der Waals surface area contributed by atoms with Gasteiger partial charge in [0.25, 0.3) is 0 Å². The van der Waals surface area contributed by atoms with Crippen molar-refractivity contribution in [3.8, 4) is 0 Å². The normalized spacial score (nSPS) is 23.1. The molecule has 0 N–H and O–H groups in total. The van der Waals surface area contributed by atoms with E-state index >= 15 is 0 Å². The van der Waals surface area contributed by atoms with E-state index in [-0.39, 0.29) is 11.7 Å². The van der Waals surface area contributed by atoms with Crippen LogP contribution in [0.2, 0.25) is 0 Å². The number of likely N-dealkylation sites (tertiary alicyclic amines) is 1. The monoisotopic (exact) mass is 287 g/mol. The Kier molecular flexibility index (Phi) is 6.27. The van der Waals surface area contributed by atoms with E-state index in [0.29, 0.717) is 32.9 Å². The molecule has 5 heteroatoms. The van der Waals surface area contributed by atoms with Gasteiger partial charge in [-0.3, -0.25) is 0 Å². The second-order valence-electron chi connectivity index (χ2n) is 6.23. The predicted octanol–water partition coefficient (Wildman–Crippen LogP) is 2.83. The molecule has 0 aromatic rings. The van der Waals surface area contributed by atoms with Gasteiger partial charge in [-0.25, -0.2) is 4.79 Å². The Hall–Kier alpha value is -0.810. The van der Waals surface area contributed by atoms with Crippen LogP contribution in [-0.4, -0.2) is 55.1 Å². The van der Waals surface area contributed by atoms with E-state index in [9.17, 15) is 4.79 Å². The summed E-state index contributed by atoms with van der Waals surface area (Å²) in [5, 5.41) is 0. The van der Waals surface area contributed by atoms with Crippen molar-refractivity contribution < 1.29 is 19.0 Å². The van der Waals surface area contributed by atoms with E-state index < -0.39 is 5.60 Å². The van der Waals surface area contributed by atoms with E-state index in [1.807, 2.05) is 27.7 Å². The number of carbonyl (C=O) groups is 1. The van der Waals surface area contributed by atoms with Gasteiger partial charge in [0, 0.05) is 13.2 Å². The Morgan fingerprint density at radius 1 is 1.25 bits per heavy atom. The smallest absolute Gasteiger partial charge is 0.410 e. The first kappa shape index (κ1) is 17.2. The van der Waals surface area contributed by atoms with Gasteiger partial charge >= 0.3 is 6.09 Å². The minimum absolute atomic E-state index is 0.242. The van der Waals surface area contributed by atoms with Crippen LogP contribution in [-0.2, 0) is 14.2 Å². The van der Waals surface area contributed by atoms with Crippen molar-refractivity contribution in [2.24, 2.45) is 0 Å². The van der Waals surface area contributed by atoms with Gasteiger partial charge in [-0.1, -0.05) is 6.92 Å². The number of carbonyl (C=O) groups excluding carboxylic acids is 1.